The fraction of sp³-hybridized carbons (Fsp3) is 0.909. The van der Waals surface area contributed by atoms with Gasteiger partial charge in [0.1, 0.15) is 5.78 Å². The van der Waals surface area contributed by atoms with E-state index in [-0.39, 0.29) is 10.7 Å². The van der Waals surface area contributed by atoms with E-state index in [2.05, 4.69) is 22.9 Å². The molecule has 2 heteroatoms. The highest BCUT2D eigenvalue weighted by Gasteiger charge is 2.16. The molecule has 0 spiro atoms. The molecule has 0 aromatic rings. The van der Waals surface area contributed by atoms with Crippen LogP contribution in [0.5, 0.6) is 0 Å². The number of halogens is 1. The maximum absolute atomic E-state index is 11.5. The zero-order valence-electron chi connectivity index (χ0n) is 8.98. The Kier molecular flexibility index (Phi) is 7.63. The summed E-state index contributed by atoms with van der Waals surface area (Å²) in [6.45, 7) is 6.12. The summed E-state index contributed by atoms with van der Waals surface area (Å²) in [5.74, 6) is 0.507. The summed E-state index contributed by atoms with van der Waals surface area (Å²) in [5, 5.41) is 0. The maximum atomic E-state index is 11.5. The first-order chi connectivity index (χ1) is 6.09. The minimum absolute atomic E-state index is 0.0874. The molecule has 0 aromatic heterocycles. The molecule has 0 N–H and O–H groups in total. The largest absolute Gasteiger partial charge is 0.298 e. The van der Waals surface area contributed by atoms with E-state index in [0.717, 1.165) is 6.42 Å². The van der Waals surface area contributed by atoms with Crippen molar-refractivity contribution in [3.05, 3.63) is 0 Å². The first-order valence-electron chi connectivity index (χ1n) is 5.27. The number of hydrogen-bond acceptors (Lipinski definition) is 1. The smallest absolute Gasteiger partial charge is 0.148 e. The number of carbonyl (C=O) groups excluding carboxylic acids is 1. The van der Waals surface area contributed by atoms with E-state index in [1.807, 2.05) is 13.8 Å². The predicted molar refractivity (Wildman–Crippen MR) is 61.3 cm³/mol. The van der Waals surface area contributed by atoms with Gasteiger partial charge >= 0.3 is 0 Å². The van der Waals surface area contributed by atoms with Gasteiger partial charge in [0.15, 0.2) is 0 Å². The zero-order chi connectivity index (χ0) is 10.3. The third-order valence-corrected chi connectivity index (χ3v) is 3.10. The number of rotatable bonds is 7. The van der Waals surface area contributed by atoms with Crippen molar-refractivity contribution in [3.63, 3.8) is 0 Å². The molecular weight excluding hydrogens is 228 g/mol. The van der Waals surface area contributed by atoms with Gasteiger partial charge in [-0.2, -0.15) is 0 Å². The van der Waals surface area contributed by atoms with Crippen LogP contribution < -0.4 is 0 Å². The van der Waals surface area contributed by atoms with Gasteiger partial charge in [-0.15, -0.1) is 0 Å². The van der Waals surface area contributed by atoms with E-state index >= 15 is 0 Å². The summed E-state index contributed by atoms with van der Waals surface area (Å²) in [4.78, 5) is 11.5. The van der Waals surface area contributed by atoms with Crippen LogP contribution in [0.4, 0.5) is 0 Å². The van der Waals surface area contributed by atoms with Crippen LogP contribution in [0.3, 0.4) is 0 Å². The lowest BCUT2D eigenvalue weighted by Crippen LogP contribution is -2.19. The Morgan fingerprint density at radius 1 is 1.23 bits per heavy atom. The average Bonchev–Trinajstić information content (AvgIpc) is 2.10. The van der Waals surface area contributed by atoms with Crippen LogP contribution in [0, 0.1) is 5.92 Å². The Labute approximate surface area is 90.4 Å². The Morgan fingerprint density at radius 2 is 1.85 bits per heavy atom. The third-order valence-electron chi connectivity index (χ3n) is 2.19. The first-order valence-corrected chi connectivity index (χ1v) is 6.19. The number of Topliss-reactive ketones (excluding diaryl/α,β-unsaturated/α-hetero) is 1. The molecule has 0 saturated carbocycles. The summed E-state index contributed by atoms with van der Waals surface area (Å²) in [5.41, 5.74) is 0. The van der Waals surface area contributed by atoms with E-state index in [0.29, 0.717) is 5.78 Å². The number of hydrogen-bond donors (Lipinski definition) is 0. The van der Waals surface area contributed by atoms with E-state index < -0.39 is 0 Å². The van der Waals surface area contributed by atoms with Crippen LogP contribution >= 0.6 is 15.9 Å². The summed E-state index contributed by atoms with van der Waals surface area (Å²) in [7, 11) is 0. The lowest BCUT2D eigenvalue weighted by atomic mass is 10.0. The molecular formula is C11H21BrO. The molecule has 0 aliphatic carbocycles. The molecule has 0 saturated heterocycles. The normalized spacial score (nSPS) is 13.3. The van der Waals surface area contributed by atoms with Crippen LogP contribution in [0.15, 0.2) is 0 Å². The van der Waals surface area contributed by atoms with Crippen molar-refractivity contribution in [2.45, 2.75) is 57.7 Å². The Hall–Kier alpha value is 0.150. The van der Waals surface area contributed by atoms with Gasteiger partial charge in [-0.3, -0.25) is 4.79 Å². The molecule has 0 rings (SSSR count). The van der Waals surface area contributed by atoms with Gasteiger partial charge in [0, 0.05) is 5.92 Å². The van der Waals surface area contributed by atoms with Crippen LogP contribution in [-0.4, -0.2) is 10.6 Å². The first kappa shape index (κ1) is 13.2. The molecule has 0 aliphatic heterocycles. The Bertz CT molecular complexity index is 143. The van der Waals surface area contributed by atoms with Gasteiger partial charge < -0.3 is 0 Å². The van der Waals surface area contributed by atoms with Crippen molar-refractivity contribution in [2.75, 3.05) is 0 Å². The summed E-state index contributed by atoms with van der Waals surface area (Å²) in [6.07, 6.45) is 5.96. The van der Waals surface area contributed by atoms with E-state index in [1.54, 1.807) is 0 Å². The molecule has 0 heterocycles. The van der Waals surface area contributed by atoms with E-state index in [9.17, 15) is 4.79 Å². The molecule has 78 valence electrons. The minimum Gasteiger partial charge on any atom is -0.298 e. The number of alkyl halides is 1. The molecule has 1 nitrogen and oxygen atoms in total. The van der Waals surface area contributed by atoms with Gasteiger partial charge in [0.2, 0.25) is 0 Å². The molecule has 0 aliphatic rings. The van der Waals surface area contributed by atoms with Gasteiger partial charge in [-0.1, -0.05) is 62.4 Å². The molecule has 1 atom stereocenters. The maximum Gasteiger partial charge on any atom is 0.148 e. The minimum atomic E-state index is 0.0874. The fourth-order valence-corrected chi connectivity index (χ4v) is 2.11. The van der Waals surface area contributed by atoms with Gasteiger partial charge in [0.05, 0.1) is 4.83 Å². The SMILES string of the molecule is CCCCCCC(Br)C(=O)C(C)C. The lowest BCUT2D eigenvalue weighted by Gasteiger charge is -2.10. The molecule has 0 bridgehead atoms. The second-order valence-corrected chi connectivity index (χ2v) is 4.98. The van der Waals surface area contributed by atoms with Crippen molar-refractivity contribution in [1.29, 1.82) is 0 Å². The molecule has 1 unspecified atom stereocenters. The van der Waals surface area contributed by atoms with Gasteiger partial charge in [-0.25, -0.2) is 0 Å². The zero-order valence-corrected chi connectivity index (χ0v) is 10.6. The fourth-order valence-electron chi connectivity index (χ4n) is 1.25. The number of carbonyl (C=O) groups is 1. The van der Waals surface area contributed by atoms with Crippen molar-refractivity contribution in [1.82, 2.24) is 0 Å². The van der Waals surface area contributed by atoms with Crippen LogP contribution in [0.25, 0.3) is 0 Å². The summed E-state index contributed by atoms with van der Waals surface area (Å²) < 4.78 is 0. The summed E-state index contributed by atoms with van der Waals surface area (Å²) >= 11 is 3.45. The number of unbranched alkanes of at least 4 members (excludes halogenated alkanes) is 3. The van der Waals surface area contributed by atoms with E-state index in [1.165, 1.54) is 25.7 Å². The molecule has 0 amide bonds. The lowest BCUT2D eigenvalue weighted by molar-refractivity contribution is -0.121. The molecule has 0 radical (unpaired) electrons. The van der Waals surface area contributed by atoms with Gasteiger partial charge in [-0.05, 0) is 6.42 Å². The second kappa shape index (κ2) is 7.54. The molecule has 0 aromatic carbocycles. The highest BCUT2D eigenvalue weighted by molar-refractivity contribution is 9.10. The standard InChI is InChI=1S/C11H21BrO/c1-4-5-6-7-8-10(12)11(13)9(2)3/h9-10H,4-8H2,1-3H3. The second-order valence-electron chi connectivity index (χ2n) is 3.87. The van der Waals surface area contributed by atoms with E-state index in [4.69, 9.17) is 0 Å². The predicted octanol–water partition coefficient (Wildman–Crippen LogP) is 3.95. The average molecular weight is 249 g/mol. The van der Waals surface area contributed by atoms with Crippen molar-refractivity contribution >= 4 is 21.7 Å². The van der Waals surface area contributed by atoms with Crippen LogP contribution in [0.2, 0.25) is 0 Å². The number of ketones is 1. The monoisotopic (exact) mass is 248 g/mol. The molecule has 0 fully saturated rings. The Balaban J connectivity index is 3.50. The highest BCUT2D eigenvalue weighted by Crippen LogP contribution is 2.16. The third kappa shape index (κ3) is 6.25. The molecule has 13 heavy (non-hydrogen) atoms. The van der Waals surface area contributed by atoms with Crippen molar-refractivity contribution in [2.24, 2.45) is 5.92 Å². The van der Waals surface area contributed by atoms with Crippen molar-refractivity contribution in [3.8, 4) is 0 Å². The highest BCUT2D eigenvalue weighted by atomic mass is 79.9. The van der Waals surface area contributed by atoms with Crippen LogP contribution in [-0.2, 0) is 4.79 Å². The Morgan fingerprint density at radius 3 is 2.31 bits per heavy atom. The topological polar surface area (TPSA) is 17.1 Å². The van der Waals surface area contributed by atoms with Crippen molar-refractivity contribution < 1.29 is 4.79 Å². The summed E-state index contributed by atoms with van der Waals surface area (Å²) in [6, 6.07) is 0. The van der Waals surface area contributed by atoms with Crippen LogP contribution in [0.1, 0.15) is 52.9 Å². The van der Waals surface area contributed by atoms with Gasteiger partial charge in [0.25, 0.3) is 0 Å². The quantitative estimate of drug-likeness (QED) is 0.493.